The number of nitrogens with zero attached hydrogens (tertiary/aromatic N) is 1. The Kier molecular flexibility index (Phi) is 51.8. The first-order valence-electron chi connectivity index (χ1n) is 28.6. The summed E-state index contributed by atoms with van der Waals surface area (Å²) in [5, 5.41) is 21.6. The van der Waals surface area contributed by atoms with Crippen molar-refractivity contribution < 1.29 is 51.4 Å². The summed E-state index contributed by atoms with van der Waals surface area (Å²) in [5.41, 5.74) is 5.52. The van der Waals surface area contributed by atoms with E-state index in [1.54, 1.807) is 0 Å². The van der Waals surface area contributed by atoms with Crippen LogP contribution in [0.1, 0.15) is 219 Å². The maximum absolute atomic E-state index is 13.0. The molecule has 0 bridgehead atoms. The average molecular weight is 1030 g/mol. The molecule has 16 heteroatoms. The molecule has 0 aliphatic rings. The summed E-state index contributed by atoms with van der Waals surface area (Å²) in [6.45, 7) is 11.4. The number of nitrogens with one attached hydrogen (secondary N) is 4. The molecule has 0 saturated heterocycles. The van der Waals surface area contributed by atoms with Crippen molar-refractivity contribution in [1.82, 2.24) is 21.3 Å². The predicted octanol–water partition coefficient (Wildman–Crippen LogP) is 10.9. The number of unbranched alkanes of at least 4 members (excludes halogenated alkanes) is 23. The molecule has 6 N–H and O–H groups in total. The van der Waals surface area contributed by atoms with E-state index in [1.807, 2.05) is 0 Å². The first kappa shape index (κ1) is 70.9. The lowest BCUT2D eigenvalue weighted by Gasteiger charge is -2.33. The number of carbonyl (C=O) groups excluding carboxylic acids is 4. The number of allylic oxidation sites excluding steroid dienone is 4. The van der Waals surface area contributed by atoms with Gasteiger partial charge >= 0.3 is 24.1 Å². The van der Waals surface area contributed by atoms with E-state index in [4.69, 9.17) is 25.1 Å². The number of amides is 2. The zero-order valence-corrected chi connectivity index (χ0v) is 46.1. The van der Waals surface area contributed by atoms with Gasteiger partial charge in [0.25, 0.3) is 0 Å². The number of halogens is 3. The molecular formula is C56H107F3N6O7. The molecule has 0 fully saturated rings. The third kappa shape index (κ3) is 56.1. The number of ether oxygens (including phenoxy) is 2. The summed E-state index contributed by atoms with van der Waals surface area (Å²) in [6.07, 6.45) is 40.0. The number of likely N-dealkylation sites (N-methyl/N-ethyl adjacent to an activating group) is 1. The summed E-state index contributed by atoms with van der Waals surface area (Å²) in [6, 6.07) is -0.180. The number of carboxylic acid groups (broad SMARTS) is 1. The van der Waals surface area contributed by atoms with E-state index in [1.165, 1.54) is 116 Å². The first-order valence-corrected chi connectivity index (χ1v) is 28.6. The van der Waals surface area contributed by atoms with Gasteiger partial charge in [0.15, 0.2) is 6.10 Å². The Morgan fingerprint density at radius 1 is 0.542 bits per heavy atom. The maximum atomic E-state index is 13.0. The number of carboxylic acids is 1. The second kappa shape index (κ2) is 52.6. The number of urea groups is 1. The summed E-state index contributed by atoms with van der Waals surface area (Å²) in [5.74, 6) is -3.47. The number of alkyl halides is 3. The fourth-order valence-corrected chi connectivity index (χ4v) is 7.88. The lowest BCUT2D eigenvalue weighted by Crippen LogP contribution is -2.52. The van der Waals surface area contributed by atoms with Gasteiger partial charge in [-0.05, 0) is 123 Å². The van der Waals surface area contributed by atoms with Gasteiger partial charge in [0.05, 0.1) is 27.2 Å². The largest absolute Gasteiger partial charge is 0.542 e. The van der Waals surface area contributed by atoms with Crippen LogP contribution in [-0.2, 0) is 23.9 Å². The van der Waals surface area contributed by atoms with Crippen LogP contribution in [-0.4, -0.2) is 120 Å². The standard InChI is InChI=1S/C54H106N6O5.C2HF3O2/c1-5-7-9-11-13-15-17-19-21-23-25-27-29-31-33-39-52(61)64-50-51(65-53(62)40-34-32-30-28-26-24-22-20-18-16-14-12-10-8-6-2)49-60(3,4)48-47-59-54(63)58-46-38-45-57-43-36-35-42-56-44-37-41-55;3-2(4,5)1(6)7/h19-22,51,56-57H,5-18,23-50,55H2,1-4H3,(H-,58,59,63);(H,6,7)/b21-19-,22-20-;. The third-order valence-electron chi connectivity index (χ3n) is 12.3. The molecule has 0 heterocycles. The zero-order valence-electron chi connectivity index (χ0n) is 46.1. The van der Waals surface area contributed by atoms with Crippen LogP contribution in [0.4, 0.5) is 18.0 Å². The normalized spacial score (nSPS) is 12.2. The molecule has 0 aromatic heterocycles. The summed E-state index contributed by atoms with van der Waals surface area (Å²) in [4.78, 5) is 47.1. The predicted molar refractivity (Wildman–Crippen MR) is 287 cm³/mol. The van der Waals surface area contributed by atoms with Crippen molar-refractivity contribution >= 4 is 23.9 Å². The van der Waals surface area contributed by atoms with Crippen molar-refractivity contribution in [1.29, 1.82) is 0 Å². The van der Waals surface area contributed by atoms with Crippen molar-refractivity contribution in [3.63, 3.8) is 0 Å². The zero-order chi connectivity index (χ0) is 53.7. The van der Waals surface area contributed by atoms with Crippen LogP contribution < -0.4 is 32.1 Å². The van der Waals surface area contributed by atoms with Crippen molar-refractivity contribution in [2.45, 2.75) is 232 Å². The van der Waals surface area contributed by atoms with Crippen LogP contribution in [0.15, 0.2) is 24.3 Å². The molecule has 0 aromatic carbocycles. The van der Waals surface area contributed by atoms with Gasteiger partial charge in [-0.25, -0.2) is 4.79 Å². The summed E-state index contributed by atoms with van der Waals surface area (Å²) < 4.78 is 43.8. The van der Waals surface area contributed by atoms with Crippen molar-refractivity contribution in [3.8, 4) is 0 Å². The fraction of sp³-hybridized carbons (Fsp3) is 0.857. The van der Waals surface area contributed by atoms with E-state index in [0.717, 1.165) is 110 Å². The van der Waals surface area contributed by atoms with Crippen molar-refractivity contribution in [3.05, 3.63) is 24.3 Å². The van der Waals surface area contributed by atoms with Gasteiger partial charge < -0.3 is 50.9 Å². The highest BCUT2D eigenvalue weighted by atomic mass is 19.4. The highest BCUT2D eigenvalue weighted by molar-refractivity contribution is 5.73. The summed E-state index contributed by atoms with van der Waals surface area (Å²) in [7, 11) is 4.11. The van der Waals surface area contributed by atoms with Crippen molar-refractivity contribution in [2.75, 3.05) is 79.6 Å². The molecule has 0 spiro atoms. The third-order valence-corrected chi connectivity index (χ3v) is 12.3. The molecular weight excluding hydrogens is 926 g/mol. The molecule has 72 heavy (non-hydrogen) atoms. The molecule has 0 rings (SSSR count). The molecule has 0 aliphatic heterocycles. The highest BCUT2D eigenvalue weighted by Gasteiger charge is 2.29. The number of aliphatic carboxylic acids is 1. The minimum absolute atomic E-state index is 0.0529. The van der Waals surface area contributed by atoms with Gasteiger partial charge in [0, 0.05) is 19.4 Å². The van der Waals surface area contributed by atoms with Gasteiger partial charge in [-0.3, -0.25) is 9.59 Å². The minimum Gasteiger partial charge on any atom is -0.542 e. The topological polar surface area (TPSA) is 184 Å². The van der Waals surface area contributed by atoms with E-state index in [-0.39, 0.29) is 24.6 Å². The van der Waals surface area contributed by atoms with E-state index in [0.29, 0.717) is 43.5 Å². The SMILES string of the molecule is CCCCCCCC/C=C\CCCCCCCC(=O)OCC(C[N+](C)(C)CCNC(=O)NCCCNCCCCNCCCN)OC(=O)CCCCCCC/C=C\CCCCCCCC.O=C([O-])C(F)(F)F. The lowest BCUT2D eigenvalue weighted by molar-refractivity contribution is -0.892. The molecule has 0 aliphatic carbocycles. The number of quaternary nitrogens is 1. The average Bonchev–Trinajstić information content (AvgIpc) is 3.33. The Labute approximate surface area is 436 Å². The Morgan fingerprint density at radius 2 is 0.931 bits per heavy atom. The fourth-order valence-electron chi connectivity index (χ4n) is 7.88. The summed E-state index contributed by atoms with van der Waals surface area (Å²) >= 11 is 0. The van der Waals surface area contributed by atoms with Crippen LogP contribution in [0.25, 0.3) is 0 Å². The minimum atomic E-state index is -5.19. The smallest absolute Gasteiger partial charge is 0.430 e. The van der Waals surface area contributed by atoms with Gasteiger partial charge in [-0.1, -0.05) is 141 Å². The van der Waals surface area contributed by atoms with Gasteiger partial charge in [-0.2, -0.15) is 13.2 Å². The van der Waals surface area contributed by atoms with Crippen LogP contribution >= 0.6 is 0 Å². The lowest BCUT2D eigenvalue weighted by atomic mass is 10.1. The Morgan fingerprint density at radius 3 is 1.38 bits per heavy atom. The Balaban J connectivity index is 0. The second-order valence-electron chi connectivity index (χ2n) is 20.0. The Bertz CT molecular complexity index is 1320. The first-order chi connectivity index (χ1) is 34.7. The molecule has 0 aromatic rings. The molecule has 1 unspecified atom stereocenters. The van der Waals surface area contributed by atoms with Gasteiger partial charge in [0.1, 0.15) is 19.1 Å². The van der Waals surface area contributed by atoms with Gasteiger partial charge in [-0.15, -0.1) is 0 Å². The molecule has 0 saturated carbocycles. The monoisotopic (exact) mass is 1030 g/mol. The molecule has 2 amide bonds. The number of rotatable bonds is 50. The molecule has 13 nitrogen and oxygen atoms in total. The highest BCUT2D eigenvalue weighted by Crippen LogP contribution is 2.15. The van der Waals surface area contributed by atoms with Crippen LogP contribution in [0.2, 0.25) is 0 Å². The van der Waals surface area contributed by atoms with Crippen LogP contribution in [0, 0.1) is 0 Å². The molecule has 1 atom stereocenters. The van der Waals surface area contributed by atoms with Crippen LogP contribution in [0.3, 0.4) is 0 Å². The van der Waals surface area contributed by atoms with E-state index < -0.39 is 18.2 Å². The van der Waals surface area contributed by atoms with Gasteiger partial charge in [0.2, 0.25) is 0 Å². The van der Waals surface area contributed by atoms with E-state index >= 15 is 0 Å². The molecule has 0 radical (unpaired) electrons. The number of hydrogen-bond donors (Lipinski definition) is 5. The molecule has 424 valence electrons. The number of hydrogen-bond acceptors (Lipinski definition) is 10. The van der Waals surface area contributed by atoms with Crippen LogP contribution in [0.5, 0.6) is 0 Å². The quantitative estimate of drug-likeness (QED) is 0.0170. The van der Waals surface area contributed by atoms with E-state index in [2.05, 4.69) is 73.5 Å². The number of esters is 2. The number of nitrogens with two attached hydrogens (primary N) is 1. The maximum Gasteiger partial charge on any atom is 0.430 e. The Hall–Kier alpha value is -3.21. The van der Waals surface area contributed by atoms with Crippen molar-refractivity contribution in [2.24, 2.45) is 5.73 Å². The van der Waals surface area contributed by atoms with E-state index in [9.17, 15) is 27.6 Å². The number of carbonyl (C=O) groups is 4. The second-order valence-corrected chi connectivity index (χ2v) is 20.0.